The third-order valence-electron chi connectivity index (χ3n) is 4.11. The SMILES string of the molecule is CC(=O)Oc1cccc([C@@H](CCC(C)C)N2CCNCC2)c1. The number of rotatable bonds is 6. The molecule has 22 heavy (non-hydrogen) atoms. The molecule has 0 aromatic heterocycles. The highest BCUT2D eigenvalue weighted by molar-refractivity contribution is 5.69. The minimum atomic E-state index is -0.266. The quantitative estimate of drug-likeness (QED) is 0.648. The van der Waals surface area contributed by atoms with Crippen LogP contribution in [0, 0.1) is 5.92 Å². The Morgan fingerprint density at radius 3 is 2.64 bits per heavy atom. The van der Waals surface area contributed by atoms with Crippen molar-refractivity contribution in [1.82, 2.24) is 10.2 Å². The molecule has 1 N–H and O–H groups in total. The van der Waals surface area contributed by atoms with E-state index in [1.165, 1.54) is 18.9 Å². The Morgan fingerprint density at radius 1 is 1.27 bits per heavy atom. The van der Waals surface area contributed by atoms with Gasteiger partial charge in [0.2, 0.25) is 0 Å². The van der Waals surface area contributed by atoms with Crippen LogP contribution in [0.5, 0.6) is 5.75 Å². The summed E-state index contributed by atoms with van der Waals surface area (Å²) >= 11 is 0. The fraction of sp³-hybridized carbons (Fsp3) is 0.611. The molecule has 1 aromatic carbocycles. The predicted octanol–water partition coefficient (Wildman–Crippen LogP) is 2.99. The van der Waals surface area contributed by atoms with Gasteiger partial charge in [0.15, 0.2) is 0 Å². The van der Waals surface area contributed by atoms with E-state index in [2.05, 4.69) is 30.1 Å². The second-order valence-corrected chi connectivity index (χ2v) is 6.44. The molecule has 0 aliphatic carbocycles. The Hall–Kier alpha value is -1.39. The van der Waals surface area contributed by atoms with Crippen molar-refractivity contribution in [3.63, 3.8) is 0 Å². The Labute approximate surface area is 133 Å². The van der Waals surface area contributed by atoms with Crippen molar-refractivity contribution in [2.24, 2.45) is 5.92 Å². The van der Waals surface area contributed by atoms with Gasteiger partial charge in [-0.2, -0.15) is 0 Å². The summed E-state index contributed by atoms with van der Waals surface area (Å²) < 4.78 is 5.25. The molecule has 1 saturated heterocycles. The monoisotopic (exact) mass is 304 g/mol. The largest absolute Gasteiger partial charge is 0.427 e. The van der Waals surface area contributed by atoms with E-state index < -0.39 is 0 Å². The number of benzene rings is 1. The normalized spacial score (nSPS) is 17.5. The minimum absolute atomic E-state index is 0.266. The van der Waals surface area contributed by atoms with Crippen LogP contribution < -0.4 is 10.1 Å². The molecule has 1 atom stereocenters. The second kappa shape index (κ2) is 8.30. The van der Waals surface area contributed by atoms with Crippen molar-refractivity contribution in [3.05, 3.63) is 29.8 Å². The van der Waals surface area contributed by atoms with Crippen LogP contribution in [0.15, 0.2) is 24.3 Å². The summed E-state index contributed by atoms with van der Waals surface area (Å²) in [4.78, 5) is 13.7. The van der Waals surface area contributed by atoms with Crippen LogP contribution in [-0.2, 0) is 4.79 Å². The maximum atomic E-state index is 11.2. The van der Waals surface area contributed by atoms with Crippen molar-refractivity contribution in [2.75, 3.05) is 26.2 Å². The fourth-order valence-electron chi connectivity index (χ4n) is 3.00. The molecule has 1 aliphatic rings. The smallest absolute Gasteiger partial charge is 0.308 e. The lowest BCUT2D eigenvalue weighted by Crippen LogP contribution is -2.45. The number of carbonyl (C=O) groups is 1. The summed E-state index contributed by atoms with van der Waals surface area (Å²) in [5, 5.41) is 3.41. The van der Waals surface area contributed by atoms with Crippen LogP contribution >= 0.6 is 0 Å². The number of hydrogen-bond donors (Lipinski definition) is 1. The molecule has 0 saturated carbocycles. The molecule has 4 heteroatoms. The van der Waals surface area contributed by atoms with Crippen LogP contribution in [0.1, 0.15) is 45.2 Å². The van der Waals surface area contributed by atoms with Crippen molar-refractivity contribution >= 4 is 5.97 Å². The molecule has 0 amide bonds. The lowest BCUT2D eigenvalue weighted by atomic mass is 9.95. The van der Waals surface area contributed by atoms with Gasteiger partial charge in [-0.05, 0) is 36.5 Å². The van der Waals surface area contributed by atoms with E-state index in [0.29, 0.717) is 17.7 Å². The molecular formula is C18H28N2O2. The molecular weight excluding hydrogens is 276 g/mol. The minimum Gasteiger partial charge on any atom is -0.427 e. The van der Waals surface area contributed by atoms with Crippen LogP contribution in [0.3, 0.4) is 0 Å². The highest BCUT2D eigenvalue weighted by Crippen LogP contribution is 2.30. The zero-order valence-corrected chi connectivity index (χ0v) is 14.0. The summed E-state index contributed by atoms with van der Waals surface area (Å²) in [5.74, 6) is 1.08. The van der Waals surface area contributed by atoms with Gasteiger partial charge in [0.05, 0.1) is 0 Å². The first-order chi connectivity index (χ1) is 10.6. The third-order valence-corrected chi connectivity index (χ3v) is 4.11. The first-order valence-electron chi connectivity index (χ1n) is 8.29. The lowest BCUT2D eigenvalue weighted by Gasteiger charge is -2.35. The first kappa shape index (κ1) is 17.0. The lowest BCUT2D eigenvalue weighted by molar-refractivity contribution is -0.131. The van der Waals surface area contributed by atoms with Gasteiger partial charge >= 0.3 is 5.97 Å². The van der Waals surface area contributed by atoms with Gasteiger partial charge < -0.3 is 10.1 Å². The van der Waals surface area contributed by atoms with Crippen molar-refractivity contribution in [2.45, 2.75) is 39.7 Å². The average Bonchev–Trinajstić information content (AvgIpc) is 2.48. The van der Waals surface area contributed by atoms with Crippen LogP contribution in [0.4, 0.5) is 0 Å². The number of hydrogen-bond acceptors (Lipinski definition) is 4. The number of esters is 1. The van der Waals surface area contributed by atoms with Crippen LogP contribution in [0.25, 0.3) is 0 Å². The molecule has 1 fully saturated rings. The summed E-state index contributed by atoms with van der Waals surface area (Å²) in [6.07, 6.45) is 2.34. The van der Waals surface area contributed by atoms with Crippen molar-refractivity contribution < 1.29 is 9.53 Å². The van der Waals surface area contributed by atoms with E-state index in [-0.39, 0.29) is 5.97 Å². The van der Waals surface area contributed by atoms with Gasteiger partial charge in [-0.3, -0.25) is 9.69 Å². The molecule has 0 radical (unpaired) electrons. The first-order valence-corrected chi connectivity index (χ1v) is 8.29. The van der Waals surface area contributed by atoms with Gasteiger partial charge in [0, 0.05) is 39.1 Å². The molecule has 122 valence electrons. The Kier molecular flexibility index (Phi) is 6.40. The summed E-state index contributed by atoms with van der Waals surface area (Å²) in [7, 11) is 0. The average molecular weight is 304 g/mol. The molecule has 2 rings (SSSR count). The third kappa shape index (κ3) is 5.11. The van der Waals surface area contributed by atoms with E-state index >= 15 is 0 Å². The molecule has 1 aromatic rings. The number of nitrogens with one attached hydrogen (secondary N) is 1. The van der Waals surface area contributed by atoms with Gasteiger partial charge in [0.1, 0.15) is 5.75 Å². The summed E-state index contributed by atoms with van der Waals surface area (Å²) in [6.45, 7) is 10.2. The van der Waals surface area contributed by atoms with Gasteiger partial charge in [0.25, 0.3) is 0 Å². The zero-order chi connectivity index (χ0) is 15.9. The zero-order valence-electron chi connectivity index (χ0n) is 14.0. The van der Waals surface area contributed by atoms with E-state index in [1.807, 2.05) is 18.2 Å². The van der Waals surface area contributed by atoms with E-state index in [4.69, 9.17) is 4.74 Å². The number of nitrogens with zero attached hydrogens (tertiary/aromatic N) is 1. The maximum Gasteiger partial charge on any atom is 0.308 e. The van der Waals surface area contributed by atoms with Crippen molar-refractivity contribution in [1.29, 1.82) is 0 Å². The highest BCUT2D eigenvalue weighted by Gasteiger charge is 2.22. The predicted molar refractivity (Wildman–Crippen MR) is 89.0 cm³/mol. The van der Waals surface area contributed by atoms with Crippen molar-refractivity contribution in [3.8, 4) is 5.75 Å². The van der Waals surface area contributed by atoms with Gasteiger partial charge in [-0.15, -0.1) is 0 Å². The fourth-order valence-corrected chi connectivity index (χ4v) is 3.00. The molecule has 1 heterocycles. The highest BCUT2D eigenvalue weighted by atomic mass is 16.5. The molecule has 0 spiro atoms. The Balaban J connectivity index is 2.17. The number of carbonyl (C=O) groups excluding carboxylic acids is 1. The topological polar surface area (TPSA) is 41.6 Å². The van der Waals surface area contributed by atoms with E-state index in [0.717, 1.165) is 32.6 Å². The second-order valence-electron chi connectivity index (χ2n) is 6.44. The Morgan fingerprint density at radius 2 is 2.00 bits per heavy atom. The van der Waals surface area contributed by atoms with Crippen LogP contribution in [-0.4, -0.2) is 37.0 Å². The van der Waals surface area contributed by atoms with Gasteiger partial charge in [-0.25, -0.2) is 0 Å². The molecule has 4 nitrogen and oxygen atoms in total. The number of piperazine rings is 1. The Bertz CT molecular complexity index is 482. The van der Waals surface area contributed by atoms with Crippen LogP contribution in [0.2, 0.25) is 0 Å². The molecule has 0 bridgehead atoms. The summed E-state index contributed by atoms with van der Waals surface area (Å²) in [6, 6.07) is 8.41. The maximum absolute atomic E-state index is 11.2. The molecule has 0 unspecified atom stereocenters. The molecule has 1 aliphatic heterocycles. The van der Waals surface area contributed by atoms with E-state index in [1.54, 1.807) is 0 Å². The van der Waals surface area contributed by atoms with Gasteiger partial charge in [-0.1, -0.05) is 26.0 Å². The van der Waals surface area contributed by atoms with E-state index in [9.17, 15) is 4.79 Å². The standard InChI is InChI=1S/C18H28N2O2/c1-14(2)7-8-18(20-11-9-19-10-12-20)16-5-4-6-17(13-16)22-15(3)21/h4-6,13-14,18-19H,7-12H2,1-3H3/t18-/m1/s1. The summed E-state index contributed by atoms with van der Waals surface area (Å²) in [5.41, 5.74) is 1.25. The number of ether oxygens (including phenoxy) is 1.